The molecular formula is C41H67B2NO4. The average Bonchev–Trinajstić information content (AvgIpc) is 3.33. The monoisotopic (exact) mass is 660 g/mol. The molecule has 48 heavy (non-hydrogen) atoms. The molecule has 3 rings (SSSR count). The Morgan fingerprint density at radius 2 is 0.917 bits per heavy atom. The van der Waals surface area contributed by atoms with Crippen LogP contribution in [0.2, 0.25) is 0 Å². The summed E-state index contributed by atoms with van der Waals surface area (Å²) in [6.45, 7) is 19.4. The first-order valence-electron chi connectivity index (χ1n) is 19.1. The summed E-state index contributed by atoms with van der Waals surface area (Å²) in [5.41, 5.74) is 0.962. The number of aromatic nitrogens is 1. The molecule has 3 aromatic rings. The lowest BCUT2D eigenvalue weighted by Crippen LogP contribution is -2.49. The molecule has 266 valence electrons. The van der Waals surface area contributed by atoms with Crippen molar-refractivity contribution in [1.82, 2.24) is 4.57 Å². The summed E-state index contributed by atoms with van der Waals surface area (Å²) in [5, 5.41) is 23.9. The Kier molecular flexibility index (Phi) is 15.2. The maximum absolute atomic E-state index is 10.7. The largest absolute Gasteiger partial charge is 0.427 e. The van der Waals surface area contributed by atoms with E-state index in [2.05, 4.69) is 54.8 Å². The number of nitrogens with zero attached hydrogens (tertiary/aromatic N) is 1. The van der Waals surface area contributed by atoms with Gasteiger partial charge in [-0.05, 0) is 80.4 Å². The Morgan fingerprint density at radius 1 is 0.562 bits per heavy atom. The molecule has 0 saturated carbocycles. The van der Waals surface area contributed by atoms with Crippen LogP contribution in [-0.4, -0.2) is 52.1 Å². The molecule has 0 unspecified atom stereocenters. The molecule has 0 amide bonds. The van der Waals surface area contributed by atoms with E-state index in [1.807, 2.05) is 42.7 Å². The summed E-state index contributed by atoms with van der Waals surface area (Å²) in [6.07, 6.45) is 17.8. The molecule has 1 aromatic heterocycles. The molecule has 1 heterocycles. The number of unbranched alkanes of at least 4 members (excludes halogenated alkanes) is 10. The zero-order valence-corrected chi connectivity index (χ0v) is 32.3. The van der Waals surface area contributed by atoms with Crippen LogP contribution in [0.1, 0.15) is 165 Å². The Hall–Kier alpha value is -1.79. The highest BCUT2D eigenvalue weighted by Gasteiger charge is 2.37. The maximum Gasteiger partial charge on any atom is 0.330 e. The van der Waals surface area contributed by atoms with Crippen molar-refractivity contribution in [2.45, 2.75) is 188 Å². The molecule has 0 aliphatic carbocycles. The van der Waals surface area contributed by atoms with Gasteiger partial charge >= 0.3 is 15.0 Å². The van der Waals surface area contributed by atoms with E-state index in [-0.39, 0.29) is 0 Å². The van der Waals surface area contributed by atoms with E-state index >= 15 is 0 Å². The standard InChI is InChI=1S/C41H67B2NO4/c1-11-13-15-17-19-21-23-33(24-22-20-18-16-14-12-2)44-36-29-31(42-47-40(7,8)38(3,4)45)25-27-34(36)35-28-26-32(30-37(35)44)43-48-41(9,10)39(5,6)46/h25-30,33,45-46H,11-24H2,1-10H3. The lowest BCUT2D eigenvalue weighted by molar-refractivity contribution is -0.0893. The van der Waals surface area contributed by atoms with Gasteiger partial charge in [-0.1, -0.05) is 126 Å². The summed E-state index contributed by atoms with van der Waals surface area (Å²) in [6, 6.07) is 13.6. The number of rotatable bonds is 23. The number of hydrogen-bond donors (Lipinski definition) is 2. The molecule has 0 aliphatic heterocycles. The van der Waals surface area contributed by atoms with E-state index < -0.39 is 22.4 Å². The molecular weight excluding hydrogens is 592 g/mol. The highest BCUT2D eigenvalue weighted by atomic mass is 16.5. The van der Waals surface area contributed by atoms with Gasteiger partial charge in [0.05, 0.1) is 22.4 Å². The van der Waals surface area contributed by atoms with Gasteiger partial charge in [-0.15, -0.1) is 0 Å². The number of aliphatic hydroxyl groups is 2. The number of benzene rings is 2. The van der Waals surface area contributed by atoms with Crippen molar-refractivity contribution in [3.05, 3.63) is 36.4 Å². The minimum absolute atomic E-state index is 0.385. The Labute approximate surface area is 295 Å². The fraction of sp³-hybridized carbons (Fsp3) is 0.707. The second kappa shape index (κ2) is 17.9. The third-order valence-electron chi connectivity index (χ3n) is 10.9. The SMILES string of the molecule is CCCCCCCCC(CCCCCCCC)n1c2cc([B]OC(C)(C)C(C)(C)O)ccc2c2ccc([B]OC(C)(C)C(C)(C)O)cc21. The van der Waals surface area contributed by atoms with Crippen LogP contribution in [0.3, 0.4) is 0 Å². The van der Waals surface area contributed by atoms with Gasteiger partial charge in [0.15, 0.2) is 0 Å². The predicted molar refractivity (Wildman–Crippen MR) is 208 cm³/mol. The zero-order chi connectivity index (χ0) is 35.6. The van der Waals surface area contributed by atoms with Gasteiger partial charge in [0.1, 0.15) is 0 Å². The fourth-order valence-electron chi connectivity index (χ4n) is 6.06. The van der Waals surface area contributed by atoms with Crippen molar-refractivity contribution >= 4 is 47.7 Å². The third-order valence-corrected chi connectivity index (χ3v) is 10.9. The van der Waals surface area contributed by atoms with Crippen LogP contribution in [0.25, 0.3) is 21.8 Å². The van der Waals surface area contributed by atoms with Gasteiger partial charge in [0, 0.05) is 27.8 Å². The second-order valence-corrected chi connectivity index (χ2v) is 16.3. The van der Waals surface area contributed by atoms with Gasteiger partial charge in [-0.2, -0.15) is 0 Å². The van der Waals surface area contributed by atoms with Crippen LogP contribution in [0.4, 0.5) is 0 Å². The summed E-state index contributed by atoms with van der Waals surface area (Å²) >= 11 is 0. The smallest absolute Gasteiger partial charge is 0.330 e. The van der Waals surface area contributed by atoms with Crippen molar-refractivity contribution in [2.75, 3.05) is 0 Å². The summed E-state index contributed by atoms with van der Waals surface area (Å²) in [7, 11) is 3.61. The van der Waals surface area contributed by atoms with E-state index in [1.165, 1.54) is 98.9 Å². The predicted octanol–water partition coefficient (Wildman–Crippen LogP) is 9.46. The lowest BCUT2D eigenvalue weighted by Gasteiger charge is -2.37. The van der Waals surface area contributed by atoms with Crippen molar-refractivity contribution in [3.63, 3.8) is 0 Å². The molecule has 7 heteroatoms. The van der Waals surface area contributed by atoms with Gasteiger partial charge in [-0.3, -0.25) is 0 Å². The molecule has 2 radical (unpaired) electrons. The second-order valence-electron chi connectivity index (χ2n) is 16.3. The Bertz CT molecular complexity index is 1300. The van der Waals surface area contributed by atoms with Crippen LogP contribution in [0.15, 0.2) is 36.4 Å². The van der Waals surface area contributed by atoms with E-state index in [4.69, 9.17) is 9.31 Å². The molecule has 0 fully saturated rings. The first kappa shape index (κ1) is 40.6. The molecule has 0 spiro atoms. The molecule has 5 nitrogen and oxygen atoms in total. The zero-order valence-electron chi connectivity index (χ0n) is 32.3. The topological polar surface area (TPSA) is 63.9 Å². The number of hydrogen-bond acceptors (Lipinski definition) is 4. The first-order valence-corrected chi connectivity index (χ1v) is 19.1. The van der Waals surface area contributed by atoms with Crippen LogP contribution in [-0.2, 0) is 9.31 Å². The van der Waals surface area contributed by atoms with E-state index in [1.54, 1.807) is 27.7 Å². The van der Waals surface area contributed by atoms with E-state index in [0.29, 0.717) is 6.04 Å². The molecule has 0 aliphatic rings. The summed E-state index contributed by atoms with van der Waals surface area (Å²) in [5.74, 6) is 0. The molecule has 0 saturated heterocycles. The Balaban J connectivity index is 2.05. The van der Waals surface area contributed by atoms with Gasteiger partial charge < -0.3 is 24.1 Å². The molecule has 0 atom stereocenters. The summed E-state index contributed by atoms with van der Waals surface area (Å²) < 4.78 is 15.0. The van der Waals surface area contributed by atoms with E-state index in [9.17, 15) is 10.2 Å². The minimum Gasteiger partial charge on any atom is -0.427 e. The van der Waals surface area contributed by atoms with Crippen LogP contribution in [0, 0.1) is 0 Å². The quantitative estimate of drug-likeness (QED) is 0.0787. The fourth-order valence-corrected chi connectivity index (χ4v) is 6.06. The maximum atomic E-state index is 10.7. The van der Waals surface area contributed by atoms with E-state index in [0.717, 1.165) is 23.8 Å². The molecule has 2 aromatic carbocycles. The minimum atomic E-state index is -0.989. The first-order chi connectivity index (χ1) is 22.5. The van der Waals surface area contributed by atoms with Crippen molar-refractivity contribution in [2.24, 2.45) is 0 Å². The van der Waals surface area contributed by atoms with Crippen LogP contribution < -0.4 is 10.9 Å². The van der Waals surface area contributed by atoms with Crippen molar-refractivity contribution in [3.8, 4) is 0 Å². The summed E-state index contributed by atoms with van der Waals surface area (Å²) in [4.78, 5) is 0. The van der Waals surface area contributed by atoms with Gasteiger partial charge in [-0.25, -0.2) is 0 Å². The molecule has 2 N–H and O–H groups in total. The van der Waals surface area contributed by atoms with Crippen molar-refractivity contribution in [1.29, 1.82) is 0 Å². The van der Waals surface area contributed by atoms with Crippen LogP contribution >= 0.6 is 0 Å². The highest BCUT2D eigenvalue weighted by molar-refractivity contribution is 6.48. The Morgan fingerprint density at radius 3 is 1.27 bits per heavy atom. The number of fused-ring (bicyclic) bond motifs is 3. The van der Waals surface area contributed by atoms with Gasteiger partial charge in [0.2, 0.25) is 0 Å². The lowest BCUT2D eigenvalue weighted by atomic mass is 9.82. The molecule has 0 bridgehead atoms. The van der Waals surface area contributed by atoms with Crippen LogP contribution in [0.5, 0.6) is 0 Å². The normalized spacial score (nSPS) is 13.3. The highest BCUT2D eigenvalue weighted by Crippen LogP contribution is 2.36. The van der Waals surface area contributed by atoms with Crippen molar-refractivity contribution < 1.29 is 19.5 Å². The average molecular weight is 660 g/mol. The van der Waals surface area contributed by atoms with Gasteiger partial charge in [0.25, 0.3) is 0 Å². The third kappa shape index (κ3) is 11.1.